The first-order valence-corrected chi connectivity index (χ1v) is 11.0. The highest BCUT2D eigenvalue weighted by Crippen LogP contribution is 2.23. The summed E-state index contributed by atoms with van der Waals surface area (Å²) in [6.45, 7) is 0.860. The molecule has 2 aromatic carbocycles. The number of ether oxygens (including phenoxy) is 1. The second kappa shape index (κ2) is 11.0. The minimum absolute atomic E-state index is 0.0607. The molecule has 0 saturated heterocycles. The number of H-pyrrole nitrogens is 1. The normalized spacial score (nSPS) is 11.1. The van der Waals surface area contributed by atoms with Crippen molar-refractivity contribution in [2.45, 2.75) is 19.4 Å². The van der Waals surface area contributed by atoms with E-state index in [9.17, 15) is 15.0 Å². The Morgan fingerprint density at radius 2 is 1.88 bits per heavy atom. The molecule has 0 fully saturated rings. The summed E-state index contributed by atoms with van der Waals surface area (Å²) >= 11 is 0. The number of aromatic amines is 1. The lowest BCUT2D eigenvalue weighted by molar-refractivity contribution is 0.0950. The summed E-state index contributed by atoms with van der Waals surface area (Å²) in [6, 6.07) is 20.1. The van der Waals surface area contributed by atoms with Crippen molar-refractivity contribution < 1.29 is 24.2 Å². The van der Waals surface area contributed by atoms with E-state index in [-0.39, 0.29) is 17.7 Å². The number of nitrogens with one attached hydrogen (secondary N) is 2. The summed E-state index contributed by atoms with van der Waals surface area (Å²) < 4.78 is 11.3. The molecule has 2 heterocycles. The van der Waals surface area contributed by atoms with Crippen molar-refractivity contribution in [3.05, 3.63) is 95.8 Å². The lowest BCUT2D eigenvalue weighted by Crippen LogP contribution is -2.23. The summed E-state index contributed by atoms with van der Waals surface area (Å²) in [6.07, 6.45) is 6.80. The van der Waals surface area contributed by atoms with Crippen LogP contribution in [-0.2, 0) is 6.54 Å². The van der Waals surface area contributed by atoms with E-state index in [2.05, 4.69) is 10.3 Å². The van der Waals surface area contributed by atoms with Crippen LogP contribution in [0.3, 0.4) is 0 Å². The maximum absolute atomic E-state index is 12.6. The van der Waals surface area contributed by atoms with E-state index in [4.69, 9.17) is 9.15 Å². The smallest absolute Gasteiger partial charge is 0.251 e. The van der Waals surface area contributed by atoms with Gasteiger partial charge >= 0.3 is 0 Å². The zero-order chi connectivity index (χ0) is 23.8. The van der Waals surface area contributed by atoms with Crippen molar-refractivity contribution in [1.82, 2.24) is 10.3 Å². The zero-order valence-electron chi connectivity index (χ0n) is 18.5. The van der Waals surface area contributed by atoms with E-state index >= 15 is 0 Å². The fraction of sp³-hybridized carbons (Fsp3) is 0.148. The van der Waals surface area contributed by atoms with E-state index in [0.717, 1.165) is 35.5 Å². The number of hydrogen-bond donors (Lipinski definition) is 4. The standard InChI is InChI=1S/C27H26N2O5/c30-25-17-21(27(32)29-25)7-2-1-5-15-33-24-9-4-3-8-22(24)18-28-26(31)20-13-11-19(12-14-20)23-10-6-16-34-23/h2-4,6-14,16-17,29-30,32H,1,5,15,18H2,(H,28,31)/b7-2+. The highest BCUT2D eigenvalue weighted by atomic mass is 16.5. The predicted octanol–water partition coefficient (Wildman–Crippen LogP) is 5.49. The monoisotopic (exact) mass is 458 g/mol. The van der Waals surface area contributed by atoms with Crippen molar-refractivity contribution in [1.29, 1.82) is 0 Å². The van der Waals surface area contributed by atoms with E-state index in [1.165, 1.54) is 6.07 Å². The summed E-state index contributed by atoms with van der Waals surface area (Å²) in [5.41, 5.74) is 2.92. The molecule has 0 atom stereocenters. The number of hydrogen-bond acceptors (Lipinski definition) is 5. The molecule has 2 aromatic heterocycles. The van der Waals surface area contributed by atoms with Gasteiger partial charge in [0.1, 0.15) is 11.5 Å². The molecule has 4 aromatic rings. The summed E-state index contributed by atoms with van der Waals surface area (Å²) in [4.78, 5) is 15.0. The number of aromatic hydroxyl groups is 2. The summed E-state index contributed by atoms with van der Waals surface area (Å²) in [5, 5.41) is 21.9. The van der Waals surface area contributed by atoms with Gasteiger partial charge in [-0.3, -0.25) is 9.78 Å². The van der Waals surface area contributed by atoms with Crippen LogP contribution in [0.2, 0.25) is 0 Å². The molecular formula is C27H26N2O5. The number of carbonyl (C=O) groups excluding carboxylic acids is 1. The maximum Gasteiger partial charge on any atom is 0.251 e. The van der Waals surface area contributed by atoms with E-state index in [0.29, 0.717) is 24.3 Å². The molecule has 34 heavy (non-hydrogen) atoms. The van der Waals surface area contributed by atoms with Crippen molar-refractivity contribution >= 4 is 12.0 Å². The van der Waals surface area contributed by atoms with Crippen LogP contribution in [0.5, 0.6) is 17.5 Å². The Morgan fingerprint density at radius 3 is 2.62 bits per heavy atom. The Kier molecular flexibility index (Phi) is 7.35. The van der Waals surface area contributed by atoms with E-state index in [1.807, 2.05) is 54.6 Å². The zero-order valence-corrected chi connectivity index (χ0v) is 18.5. The number of allylic oxidation sites excluding steroid dienone is 1. The van der Waals surface area contributed by atoms with Crippen molar-refractivity contribution in [3.63, 3.8) is 0 Å². The fourth-order valence-electron chi connectivity index (χ4n) is 3.46. The molecule has 7 nitrogen and oxygen atoms in total. The third kappa shape index (κ3) is 5.89. The predicted molar refractivity (Wildman–Crippen MR) is 130 cm³/mol. The first-order valence-electron chi connectivity index (χ1n) is 11.0. The Bertz CT molecular complexity index is 1240. The number of benzene rings is 2. The number of unbranched alkanes of at least 4 members (excludes halogenated alkanes) is 1. The topological polar surface area (TPSA) is 108 Å². The Labute approximate surface area is 197 Å². The molecule has 0 radical (unpaired) electrons. The second-order valence-electron chi connectivity index (χ2n) is 7.70. The molecule has 0 unspecified atom stereocenters. The van der Waals surface area contributed by atoms with Crippen molar-refractivity contribution in [3.8, 4) is 28.8 Å². The third-order valence-electron chi connectivity index (χ3n) is 5.25. The molecule has 174 valence electrons. The average molecular weight is 459 g/mol. The molecular weight excluding hydrogens is 432 g/mol. The minimum atomic E-state index is -0.162. The Balaban J connectivity index is 1.25. The van der Waals surface area contributed by atoms with E-state index in [1.54, 1.807) is 24.5 Å². The highest BCUT2D eigenvalue weighted by molar-refractivity contribution is 5.94. The third-order valence-corrected chi connectivity index (χ3v) is 5.25. The first kappa shape index (κ1) is 22.8. The van der Waals surface area contributed by atoms with Crippen LogP contribution in [-0.4, -0.2) is 27.7 Å². The minimum Gasteiger partial charge on any atom is -0.494 e. The van der Waals surface area contributed by atoms with Crippen molar-refractivity contribution in [2.75, 3.05) is 6.61 Å². The molecule has 0 aliphatic rings. The number of carbonyl (C=O) groups is 1. The number of amides is 1. The quantitative estimate of drug-likeness (QED) is 0.235. The molecule has 0 spiro atoms. The molecule has 0 aliphatic carbocycles. The molecule has 0 aliphatic heterocycles. The fourth-order valence-corrected chi connectivity index (χ4v) is 3.46. The van der Waals surface area contributed by atoms with Gasteiger partial charge in [0.2, 0.25) is 0 Å². The molecule has 0 bridgehead atoms. The largest absolute Gasteiger partial charge is 0.494 e. The highest BCUT2D eigenvalue weighted by Gasteiger charge is 2.09. The van der Waals surface area contributed by atoms with Crippen LogP contribution in [0.15, 0.2) is 83.5 Å². The van der Waals surface area contributed by atoms with Gasteiger partial charge in [-0.05, 0) is 43.2 Å². The summed E-state index contributed by atoms with van der Waals surface area (Å²) in [5.74, 6) is 1.19. The molecule has 1 amide bonds. The first-order chi connectivity index (χ1) is 16.6. The van der Waals surface area contributed by atoms with Gasteiger partial charge in [-0.15, -0.1) is 0 Å². The molecule has 4 rings (SSSR count). The lowest BCUT2D eigenvalue weighted by atomic mass is 10.1. The van der Waals surface area contributed by atoms with Gasteiger partial charge in [0.25, 0.3) is 5.91 Å². The Hall–Kier alpha value is -4.39. The van der Waals surface area contributed by atoms with Gasteiger partial charge < -0.3 is 24.7 Å². The Morgan fingerprint density at radius 1 is 1.06 bits per heavy atom. The summed E-state index contributed by atoms with van der Waals surface area (Å²) in [7, 11) is 0. The average Bonchev–Trinajstić information content (AvgIpc) is 3.50. The van der Waals surface area contributed by atoms with Crippen molar-refractivity contribution in [2.24, 2.45) is 0 Å². The van der Waals surface area contributed by atoms with Crippen LogP contribution in [0, 0.1) is 0 Å². The van der Waals surface area contributed by atoms with Gasteiger partial charge in [-0.2, -0.15) is 0 Å². The molecule has 0 saturated carbocycles. The van der Waals surface area contributed by atoms with Gasteiger partial charge in [-0.1, -0.05) is 42.5 Å². The van der Waals surface area contributed by atoms with Crippen LogP contribution >= 0.6 is 0 Å². The van der Waals surface area contributed by atoms with Gasteiger partial charge in [0.15, 0.2) is 11.8 Å². The number of furan rings is 1. The lowest BCUT2D eigenvalue weighted by Gasteiger charge is -2.12. The van der Waals surface area contributed by atoms with Gasteiger partial charge in [-0.25, -0.2) is 0 Å². The second-order valence-corrected chi connectivity index (χ2v) is 7.70. The van der Waals surface area contributed by atoms with E-state index < -0.39 is 0 Å². The van der Waals surface area contributed by atoms with Crippen LogP contribution in [0.1, 0.15) is 34.3 Å². The number of para-hydroxylation sites is 1. The van der Waals surface area contributed by atoms with Gasteiger partial charge in [0.05, 0.1) is 12.9 Å². The SMILES string of the molecule is O=C(NCc1ccccc1OCCC/C=C/c1cc(O)[nH]c1O)c1ccc(-c2ccco2)cc1. The van der Waals surface area contributed by atoms with Crippen LogP contribution in [0.25, 0.3) is 17.4 Å². The number of rotatable bonds is 10. The van der Waals surface area contributed by atoms with Crippen LogP contribution in [0.4, 0.5) is 0 Å². The van der Waals surface area contributed by atoms with Crippen LogP contribution < -0.4 is 10.1 Å². The molecule has 7 heteroatoms. The molecule has 4 N–H and O–H groups in total. The van der Waals surface area contributed by atoms with Gasteiger partial charge in [0, 0.05) is 34.9 Å². The maximum atomic E-state index is 12.6. The number of aromatic nitrogens is 1.